The van der Waals surface area contributed by atoms with Gasteiger partial charge in [0.1, 0.15) is 11.7 Å². The Hall–Kier alpha value is -3.08. The van der Waals surface area contributed by atoms with Crippen LogP contribution in [-0.4, -0.2) is 15.4 Å². The van der Waals surface area contributed by atoms with Crippen LogP contribution in [0.25, 0.3) is 0 Å². The molecule has 0 aliphatic rings. The van der Waals surface area contributed by atoms with Crippen LogP contribution < -0.4 is 11.5 Å². The lowest BCUT2D eigenvalue weighted by atomic mass is 10.1. The number of rotatable bonds is 5. The number of benzene rings is 2. The molecule has 0 aliphatic heterocycles. The highest BCUT2D eigenvalue weighted by Gasteiger charge is 2.10. The Labute approximate surface area is 135 Å². The van der Waals surface area contributed by atoms with Gasteiger partial charge in [-0.3, -0.25) is 5.41 Å². The second-order valence-electron chi connectivity index (χ2n) is 5.42. The molecule has 3 aromatic rings. The maximum atomic E-state index is 7.70. The van der Waals surface area contributed by atoms with Gasteiger partial charge in [-0.25, -0.2) is 4.98 Å². The second-order valence-corrected chi connectivity index (χ2v) is 5.42. The molecule has 0 fully saturated rings. The van der Waals surface area contributed by atoms with E-state index in [1.807, 2.05) is 54.7 Å². The number of anilines is 1. The fraction of sp³-hybridized carbons (Fsp3) is 0.111. The molecule has 1 aromatic heterocycles. The number of imidazole rings is 1. The normalized spacial score (nSPS) is 10.6. The molecule has 0 amide bonds. The molecule has 0 bridgehead atoms. The third-order valence-corrected chi connectivity index (χ3v) is 3.85. The van der Waals surface area contributed by atoms with E-state index in [0.717, 1.165) is 28.2 Å². The number of nitrogens with zero attached hydrogens (tertiary/aromatic N) is 2. The second kappa shape index (κ2) is 6.36. The Bertz CT molecular complexity index is 835. The first kappa shape index (κ1) is 14.8. The van der Waals surface area contributed by atoms with Crippen molar-refractivity contribution in [2.24, 2.45) is 5.73 Å². The van der Waals surface area contributed by atoms with E-state index in [1.165, 1.54) is 0 Å². The van der Waals surface area contributed by atoms with Gasteiger partial charge < -0.3 is 16.0 Å². The maximum absolute atomic E-state index is 7.70. The van der Waals surface area contributed by atoms with Crippen molar-refractivity contribution in [3.63, 3.8) is 0 Å². The van der Waals surface area contributed by atoms with Gasteiger partial charge in [-0.2, -0.15) is 0 Å². The lowest BCUT2D eigenvalue weighted by Crippen LogP contribution is -2.16. The molecule has 2 aromatic carbocycles. The molecule has 0 unspecified atom stereocenters. The minimum Gasteiger partial charge on any atom is -0.398 e. The fourth-order valence-electron chi connectivity index (χ4n) is 2.62. The first-order valence-corrected chi connectivity index (χ1v) is 7.41. The molecule has 0 saturated carbocycles. The Kier molecular flexibility index (Phi) is 4.10. The monoisotopic (exact) mass is 305 g/mol. The molecule has 0 spiro atoms. The van der Waals surface area contributed by atoms with Crippen LogP contribution in [0.15, 0.2) is 60.9 Å². The predicted molar refractivity (Wildman–Crippen MR) is 92.4 cm³/mol. The van der Waals surface area contributed by atoms with E-state index in [-0.39, 0.29) is 5.84 Å². The van der Waals surface area contributed by atoms with Crippen molar-refractivity contribution in [1.82, 2.24) is 9.55 Å². The lowest BCUT2D eigenvalue weighted by Gasteiger charge is -2.12. The van der Waals surface area contributed by atoms with Crippen LogP contribution in [0.3, 0.4) is 0 Å². The molecule has 0 saturated heterocycles. The molecule has 23 heavy (non-hydrogen) atoms. The summed E-state index contributed by atoms with van der Waals surface area (Å²) in [5.41, 5.74) is 15.3. The zero-order valence-electron chi connectivity index (χ0n) is 12.7. The largest absolute Gasteiger partial charge is 0.398 e. The van der Waals surface area contributed by atoms with Crippen LogP contribution in [0.1, 0.15) is 22.5 Å². The third kappa shape index (κ3) is 3.23. The highest BCUT2D eigenvalue weighted by Crippen LogP contribution is 2.17. The highest BCUT2D eigenvalue weighted by molar-refractivity contribution is 5.96. The van der Waals surface area contributed by atoms with E-state index in [1.54, 1.807) is 6.20 Å². The van der Waals surface area contributed by atoms with Gasteiger partial charge >= 0.3 is 0 Å². The summed E-state index contributed by atoms with van der Waals surface area (Å²) in [6.07, 6.45) is 4.39. The van der Waals surface area contributed by atoms with Gasteiger partial charge in [0.2, 0.25) is 0 Å². The Balaban J connectivity index is 1.88. The van der Waals surface area contributed by atoms with Crippen molar-refractivity contribution >= 4 is 11.5 Å². The standard InChI is InChI=1S/C18H19N5/c19-16-8-4-2-5-13(16)11-17-22-9-10-23(17)12-14-6-1-3-7-15(14)18(20)21/h1-10H,11-12,19H2,(H3,20,21). The average Bonchev–Trinajstić information content (AvgIpc) is 2.97. The van der Waals surface area contributed by atoms with Gasteiger partial charge in [0.15, 0.2) is 0 Å². The quantitative estimate of drug-likeness (QED) is 0.384. The number of amidine groups is 1. The molecule has 3 rings (SSSR count). The summed E-state index contributed by atoms with van der Waals surface area (Å²) < 4.78 is 2.06. The smallest absolute Gasteiger partial charge is 0.123 e. The number of nitrogens with two attached hydrogens (primary N) is 2. The molecule has 5 N–H and O–H groups in total. The van der Waals surface area contributed by atoms with E-state index in [9.17, 15) is 0 Å². The Morgan fingerprint density at radius 3 is 2.48 bits per heavy atom. The zero-order chi connectivity index (χ0) is 16.2. The molecule has 116 valence electrons. The predicted octanol–water partition coefficient (Wildman–Crippen LogP) is 2.39. The van der Waals surface area contributed by atoms with Crippen molar-refractivity contribution < 1.29 is 0 Å². The van der Waals surface area contributed by atoms with Crippen LogP contribution in [0.4, 0.5) is 5.69 Å². The molecular weight excluding hydrogens is 286 g/mol. The molecule has 0 atom stereocenters. The minimum absolute atomic E-state index is 0.0783. The van der Waals surface area contributed by atoms with Crippen molar-refractivity contribution in [3.8, 4) is 0 Å². The van der Waals surface area contributed by atoms with E-state index >= 15 is 0 Å². The van der Waals surface area contributed by atoms with E-state index in [0.29, 0.717) is 13.0 Å². The number of para-hydroxylation sites is 1. The summed E-state index contributed by atoms with van der Waals surface area (Å²) in [7, 11) is 0. The number of hydrogen-bond acceptors (Lipinski definition) is 3. The SMILES string of the molecule is N=C(N)c1ccccc1Cn1ccnc1Cc1ccccc1N. The number of aromatic nitrogens is 2. The molecule has 1 heterocycles. The van der Waals surface area contributed by atoms with Crippen LogP contribution in [0.2, 0.25) is 0 Å². The van der Waals surface area contributed by atoms with Crippen LogP contribution in [0.5, 0.6) is 0 Å². The molecule has 5 nitrogen and oxygen atoms in total. The molecule has 0 radical (unpaired) electrons. The number of nitrogens with one attached hydrogen (secondary N) is 1. The highest BCUT2D eigenvalue weighted by atomic mass is 15.1. The van der Waals surface area contributed by atoms with Gasteiger partial charge in [0.25, 0.3) is 0 Å². The Morgan fingerprint density at radius 2 is 1.74 bits per heavy atom. The van der Waals surface area contributed by atoms with Crippen LogP contribution in [0, 0.1) is 5.41 Å². The van der Waals surface area contributed by atoms with E-state index < -0.39 is 0 Å². The van der Waals surface area contributed by atoms with Gasteiger partial charge in [-0.05, 0) is 17.2 Å². The Morgan fingerprint density at radius 1 is 1.04 bits per heavy atom. The zero-order valence-corrected chi connectivity index (χ0v) is 12.7. The summed E-state index contributed by atoms with van der Waals surface area (Å²) >= 11 is 0. The minimum atomic E-state index is 0.0783. The maximum Gasteiger partial charge on any atom is 0.123 e. The van der Waals surface area contributed by atoms with Crippen molar-refractivity contribution in [2.45, 2.75) is 13.0 Å². The first-order chi connectivity index (χ1) is 11.1. The van der Waals surface area contributed by atoms with E-state index in [4.69, 9.17) is 16.9 Å². The summed E-state index contributed by atoms with van der Waals surface area (Å²) in [5.74, 6) is 1.01. The fourth-order valence-corrected chi connectivity index (χ4v) is 2.62. The van der Waals surface area contributed by atoms with Gasteiger partial charge in [0.05, 0.1) is 0 Å². The van der Waals surface area contributed by atoms with Gasteiger partial charge in [-0.15, -0.1) is 0 Å². The number of hydrogen-bond donors (Lipinski definition) is 3. The topological polar surface area (TPSA) is 93.7 Å². The summed E-state index contributed by atoms with van der Waals surface area (Å²) in [6.45, 7) is 0.623. The van der Waals surface area contributed by atoms with Crippen molar-refractivity contribution in [1.29, 1.82) is 5.41 Å². The van der Waals surface area contributed by atoms with Gasteiger partial charge in [-0.1, -0.05) is 42.5 Å². The van der Waals surface area contributed by atoms with Crippen LogP contribution >= 0.6 is 0 Å². The summed E-state index contributed by atoms with van der Waals surface area (Å²) in [6, 6.07) is 15.5. The van der Waals surface area contributed by atoms with E-state index in [2.05, 4.69) is 9.55 Å². The first-order valence-electron chi connectivity index (χ1n) is 7.41. The summed E-state index contributed by atoms with van der Waals surface area (Å²) in [5, 5.41) is 7.70. The van der Waals surface area contributed by atoms with Crippen molar-refractivity contribution in [3.05, 3.63) is 83.4 Å². The summed E-state index contributed by atoms with van der Waals surface area (Å²) in [4.78, 5) is 4.45. The van der Waals surface area contributed by atoms with Gasteiger partial charge in [0, 0.05) is 36.6 Å². The number of nitrogen functional groups attached to an aromatic ring is 2. The van der Waals surface area contributed by atoms with Crippen LogP contribution in [-0.2, 0) is 13.0 Å². The average molecular weight is 305 g/mol. The molecule has 5 heteroatoms. The molecular formula is C18H19N5. The van der Waals surface area contributed by atoms with Crippen molar-refractivity contribution in [2.75, 3.05) is 5.73 Å². The molecule has 0 aliphatic carbocycles. The third-order valence-electron chi connectivity index (χ3n) is 3.85. The lowest BCUT2D eigenvalue weighted by molar-refractivity contribution is 0.740.